The molecule has 0 aromatic heterocycles. The molecule has 0 unspecified atom stereocenters. The second kappa shape index (κ2) is 9.50. The number of benzene rings is 3. The Hall–Kier alpha value is -3.67. The van der Waals surface area contributed by atoms with Crippen molar-refractivity contribution in [3.63, 3.8) is 0 Å². The van der Waals surface area contributed by atoms with Crippen LogP contribution in [0.3, 0.4) is 0 Å². The van der Waals surface area contributed by atoms with Crippen molar-refractivity contribution in [3.05, 3.63) is 66.7 Å². The largest absolute Gasteiger partial charge is 0.493 e. The molecule has 0 fully saturated rings. The second-order valence-corrected chi connectivity index (χ2v) is 6.11. The smallest absolute Gasteiger partial charge is 0.262 e. The van der Waals surface area contributed by atoms with Gasteiger partial charge in [-0.05, 0) is 11.6 Å². The van der Waals surface area contributed by atoms with E-state index in [4.69, 9.17) is 18.9 Å². The molecule has 29 heavy (non-hydrogen) atoms. The fourth-order valence-corrected chi connectivity index (χ4v) is 2.94. The first-order valence-corrected chi connectivity index (χ1v) is 9.03. The van der Waals surface area contributed by atoms with Crippen LogP contribution in [0.15, 0.2) is 66.7 Å². The van der Waals surface area contributed by atoms with Crippen LogP contribution in [-0.2, 0) is 4.79 Å². The van der Waals surface area contributed by atoms with Crippen LogP contribution < -0.4 is 24.3 Å². The maximum atomic E-state index is 12.4. The highest BCUT2D eigenvalue weighted by Crippen LogP contribution is 2.40. The number of carbonyl (C=O) groups is 1. The van der Waals surface area contributed by atoms with E-state index >= 15 is 0 Å². The Labute approximate surface area is 170 Å². The summed E-state index contributed by atoms with van der Waals surface area (Å²) in [5.74, 6) is 1.71. The monoisotopic (exact) mass is 393 g/mol. The summed E-state index contributed by atoms with van der Waals surface area (Å²) in [6.07, 6.45) is 0. The fourth-order valence-electron chi connectivity index (χ4n) is 2.94. The third kappa shape index (κ3) is 4.79. The summed E-state index contributed by atoms with van der Waals surface area (Å²) in [4.78, 5) is 12.4. The van der Waals surface area contributed by atoms with Gasteiger partial charge in [-0.25, -0.2) is 0 Å². The summed E-state index contributed by atoms with van der Waals surface area (Å²) in [6, 6.07) is 20.8. The van der Waals surface area contributed by atoms with E-state index < -0.39 is 0 Å². The van der Waals surface area contributed by atoms with E-state index in [9.17, 15) is 4.79 Å². The van der Waals surface area contributed by atoms with Gasteiger partial charge < -0.3 is 24.3 Å². The van der Waals surface area contributed by atoms with Gasteiger partial charge in [0, 0.05) is 23.4 Å². The van der Waals surface area contributed by atoms with Crippen LogP contribution in [0.2, 0.25) is 0 Å². The third-order valence-corrected chi connectivity index (χ3v) is 4.28. The van der Waals surface area contributed by atoms with Gasteiger partial charge in [-0.3, -0.25) is 4.79 Å². The van der Waals surface area contributed by atoms with Crippen molar-refractivity contribution in [1.82, 2.24) is 0 Å². The van der Waals surface area contributed by atoms with Crippen LogP contribution >= 0.6 is 0 Å². The van der Waals surface area contributed by atoms with Crippen LogP contribution in [0.4, 0.5) is 5.69 Å². The Kier molecular flexibility index (Phi) is 6.58. The molecule has 3 aromatic rings. The van der Waals surface area contributed by atoms with E-state index in [0.29, 0.717) is 28.7 Å². The van der Waals surface area contributed by atoms with Crippen molar-refractivity contribution < 1.29 is 23.7 Å². The third-order valence-electron chi connectivity index (χ3n) is 4.28. The summed E-state index contributed by atoms with van der Waals surface area (Å²) in [6.45, 7) is -0.138. The molecular weight excluding hydrogens is 370 g/mol. The quantitative estimate of drug-likeness (QED) is 0.615. The number of nitrogens with one attached hydrogen (secondary N) is 1. The van der Waals surface area contributed by atoms with Crippen molar-refractivity contribution in [1.29, 1.82) is 0 Å². The Morgan fingerprint density at radius 3 is 2.03 bits per heavy atom. The number of hydrogen-bond acceptors (Lipinski definition) is 5. The lowest BCUT2D eigenvalue weighted by Crippen LogP contribution is -2.20. The average Bonchev–Trinajstić information content (AvgIpc) is 2.77. The molecule has 6 nitrogen and oxygen atoms in total. The minimum absolute atomic E-state index is 0.138. The number of carbonyl (C=O) groups excluding carboxylic acids is 1. The van der Waals surface area contributed by atoms with E-state index in [1.807, 2.05) is 54.6 Å². The van der Waals surface area contributed by atoms with Gasteiger partial charge in [0.25, 0.3) is 5.91 Å². The summed E-state index contributed by atoms with van der Waals surface area (Å²) >= 11 is 0. The van der Waals surface area contributed by atoms with Crippen molar-refractivity contribution in [2.24, 2.45) is 0 Å². The van der Waals surface area contributed by atoms with Gasteiger partial charge in [0.1, 0.15) is 5.75 Å². The van der Waals surface area contributed by atoms with Crippen LogP contribution in [0.5, 0.6) is 23.0 Å². The van der Waals surface area contributed by atoms with E-state index in [0.717, 1.165) is 11.1 Å². The molecule has 0 radical (unpaired) electrons. The number of amides is 1. The van der Waals surface area contributed by atoms with Crippen LogP contribution in [0, 0.1) is 0 Å². The first kappa shape index (κ1) is 20.1. The molecular formula is C23H23NO5. The zero-order valence-electron chi connectivity index (χ0n) is 16.6. The molecule has 0 aliphatic heterocycles. The summed E-state index contributed by atoms with van der Waals surface area (Å²) in [7, 11) is 4.57. The molecule has 6 heteroatoms. The lowest BCUT2D eigenvalue weighted by Gasteiger charge is -2.15. The highest BCUT2D eigenvalue weighted by molar-refractivity contribution is 5.92. The lowest BCUT2D eigenvalue weighted by molar-refractivity contribution is -0.118. The normalized spacial score (nSPS) is 10.2. The van der Waals surface area contributed by atoms with E-state index in [2.05, 4.69) is 5.32 Å². The maximum absolute atomic E-state index is 12.4. The summed E-state index contributed by atoms with van der Waals surface area (Å²) in [5, 5.41) is 2.79. The number of methoxy groups -OCH3 is 3. The molecule has 0 saturated carbocycles. The van der Waals surface area contributed by atoms with Crippen LogP contribution in [0.25, 0.3) is 11.1 Å². The molecule has 3 aromatic carbocycles. The van der Waals surface area contributed by atoms with Crippen molar-refractivity contribution in [3.8, 4) is 34.1 Å². The van der Waals surface area contributed by atoms with Crippen LogP contribution in [0.1, 0.15) is 0 Å². The Balaban J connectivity index is 1.72. The van der Waals surface area contributed by atoms with Gasteiger partial charge in [0.2, 0.25) is 5.75 Å². The first-order chi connectivity index (χ1) is 14.2. The minimum Gasteiger partial charge on any atom is -0.493 e. The minimum atomic E-state index is -0.304. The van der Waals surface area contributed by atoms with Crippen LogP contribution in [-0.4, -0.2) is 33.8 Å². The zero-order chi connectivity index (χ0) is 20.6. The number of hydrogen-bond donors (Lipinski definition) is 1. The lowest BCUT2D eigenvalue weighted by atomic mass is 10.1. The average molecular weight is 393 g/mol. The molecule has 150 valence electrons. The number of rotatable bonds is 8. The number of ether oxygens (including phenoxy) is 4. The second-order valence-electron chi connectivity index (χ2n) is 6.11. The van der Waals surface area contributed by atoms with Crippen molar-refractivity contribution in [2.45, 2.75) is 0 Å². The predicted molar refractivity (Wildman–Crippen MR) is 112 cm³/mol. The number of para-hydroxylation sites is 1. The van der Waals surface area contributed by atoms with Gasteiger partial charge in [-0.15, -0.1) is 0 Å². The van der Waals surface area contributed by atoms with E-state index in [-0.39, 0.29) is 12.5 Å². The highest BCUT2D eigenvalue weighted by Gasteiger charge is 2.15. The zero-order valence-corrected chi connectivity index (χ0v) is 16.6. The molecule has 0 aliphatic carbocycles. The topological polar surface area (TPSA) is 66.0 Å². The van der Waals surface area contributed by atoms with Gasteiger partial charge >= 0.3 is 0 Å². The molecule has 3 rings (SSSR count). The molecule has 1 N–H and O–H groups in total. The highest BCUT2D eigenvalue weighted by atomic mass is 16.5. The summed E-state index contributed by atoms with van der Waals surface area (Å²) in [5.41, 5.74) is 2.46. The fraction of sp³-hybridized carbons (Fsp3) is 0.174. The Morgan fingerprint density at radius 1 is 0.793 bits per heavy atom. The van der Waals surface area contributed by atoms with E-state index in [1.165, 1.54) is 21.3 Å². The maximum Gasteiger partial charge on any atom is 0.262 e. The first-order valence-electron chi connectivity index (χ1n) is 9.03. The predicted octanol–water partition coefficient (Wildman–Crippen LogP) is 4.40. The van der Waals surface area contributed by atoms with E-state index in [1.54, 1.807) is 12.1 Å². The van der Waals surface area contributed by atoms with Crippen molar-refractivity contribution in [2.75, 3.05) is 33.3 Å². The molecule has 1 amide bonds. The van der Waals surface area contributed by atoms with Gasteiger partial charge in [0.05, 0.1) is 21.3 Å². The molecule has 0 heterocycles. The molecule has 0 aliphatic rings. The molecule has 0 spiro atoms. The van der Waals surface area contributed by atoms with Gasteiger partial charge in [-0.1, -0.05) is 48.5 Å². The summed E-state index contributed by atoms with van der Waals surface area (Å²) < 4.78 is 21.7. The molecule has 0 bridgehead atoms. The Bertz CT molecular complexity index is 947. The standard InChI is InChI=1S/C23H23NO5/c1-26-20-13-17(14-21(27-2)23(20)28-3)24-22(25)15-29-19-12-8-7-11-18(19)16-9-5-4-6-10-16/h4-14H,15H2,1-3H3,(H,24,25). The van der Waals surface area contributed by atoms with Gasteiger partial charge in [0.15, 0.2) is 18.1 Å². The molecule has 0 atom stereocenters. The SMILES string of the molecule is COc1cc(NC(=O)COc2ccccc2-c2ccccc2)cc(OC)c1OC. The Morgan fingerprint density at radius 2 is 1.41 bits per heavy atom. The number of anilines is 1. The van der Waals surface area contributed by atoms with Crippen molar-refractivity contribution >= 4 is 11.6 Å². The van der Waals surface area contributed by atoms with Gasteiger partial charge in [-0.2, -0.15) is 0 Å². The molecule has 0 saturated heterocycles.